The van der Waals surface area contributed by atoms with Gasteiger partial charge in [0.2, 0.25) is 0 Å². The molecular weight excluding hydrogens is 236 g/mol. The van der Waals surface area contributed by atoms with Crippen molar-refractivity contribution in [1.29, 1.82) is 0 Å². The van der Waals surface area contributed by atoms with Crippen molar-refractivity contribution < 1.29 is 0 Å². The lowest BCUT2D eigenvalue weighted by atomic mass is 10.0. The standard InChI is InChI=1S/C15H22N4/c1-11-13-8-12(9-16-14(13)19(3)18-11)10-17-15(2)6-4-5-7-15/h8-9,17H,4-7,10H2,1-3H3. The summed E-state index contributed by atoms with van der Waals surface area (Å²) in [6, 6.07) is 2.22. The van der Waals surface area contributed by atoms with Crippen LogP contribution in [0.1, 0.15) is 43.9 Å². The summed E-state index contributed by atoms with van der Waals surface area (Å²) >= 11 is 0. The van der Waals surface area contributed by atoms with Crippen molar-refractivity contribution in [2.75, 3.05) is 0 Å². The molecule has 0 amide bonds. The topological polar surface area (TPSA) is 42.7 Å². The van der Waals surface area contributed by atoms with Gasteiger partial charge >= 0.3 is 0 Å². The SMILES string of the molecule is Cc1nn(C)c2ncc(CNC3(C)CCCC3)cc12. The van der Waals surface area contributed by atoms with E-state index in [9.17, 15) is 0 Å². The number of nitrogens with one attached hydrogen (secondary N) is 1. The molecule has 0 atom stereocenters. The second-order valence-corrected chi connectivity index (χ2v) is 6.05. The minimum absolute atomic E-state index is 0.318. The Balaban J connectivity index is 1.80. The van der Waals surface area contributed by atoms with Crippen molar-refractivity contribution in [2.45, 2.75) is 51.6 Å². The summed E-state index contributed by atoms with van der Waals surface area (Å²) in [4.78, 5) is 4.53. The Labute approximate surface area is 114 Å². The number of hydrogen-bond donors (Lipinski definition) is 1. The van der Waals surface area contributed by atoms with E-state index in [1.165, 1.54) is 36.6 Å². The van der Waals surface area contributed by atoms with Gasteiger partial charge in [-0.25, -0.2) is 4.98 Å². The number of nitrogens with zero attached hydrogens (tertiary/aromatic N) is 3. The van der Waals surface area contributed by atoms with Gasteiger partial charge in [0.1, 0.15) is 0 Å². The highest BCUT2D eigenvalue weighted by molar-refractivity contribution is 5.78. The van der Waals surface area contributed by atoms with Gasteiger partial charge < -0.3 is 5.32 Å². The van der Waals surface area contributed by atoms with Crippen molar-refractivity contribution >= 4 is 11.0 Å². The van der Waals surface area contributed by atoms with Gasteiger partial charge in [-0.3, -0.25) is 4.68 Å². The largest absolute Gasteiger partial charge is 0.307 e. The molecule has 3 rings (SSSR count). The molecule has 0 radical (unpaired) electrons. The van der Waals surface area contributed by atoms with Gasteiger partial charge in [-0.1, -0.05) is 12.8 Å². The Morgan fingerprint density at radius 3 is 2.84 bits per heavy atom. The van der Waals surface area contributed by atoms with Gasteiger partial charge in [0.15, 0.2) is 5.65 Å². The zero-order chi connectivity index (χ0) is 13.5. The zero-order valence-corrected chi connectivity index (χ0v) is 12.0. The van der Waals surface area contributed by atoms with E-state index in [0.29, 0.717) is 5.54 Å². The van der Waals surface area contributed by atoms with Gasteiger partial charge in [-0.05, 0) is 38.3 Å². The van der Waals surface area contributed by atoms with Crippen LogP contribution in [0, 0.1) is 6.92 Å². The number of aryl methyl sites for hydroxylation is 2. The Hall–Kier alpha value is -1.42. The molecule has 4 nitrogen and oxygen atoms in total. The number of pyridine rings is 1. The molecule has 0 bridgehead atoms. The number of rotatable bonds is 3. The van der Waals surface area contributed by atoms with E-state index in [4.69, 9.17) is 0 Å². The molecule has 19 heavy (non-hydrogen) atoms. The molecule has 0 saturated heterocycles. The predicted octanol–water partition coefficient (Wildman–Crippen LogP) is 2.70. The van der Waals surface area contributed by atoms with Crippen LogP contribution in [-0.2, 0) is 13.6 Å². The summed E-state index contributed by atoms with van der Waals surface area (Å²) in [5, 5.41) is 9.28. The average molecular weight is 258 g/mol. The predicted molar refractivity (Wildman–Crippen MR) is 77.0 cm³/mol. The second-order valence-electron chi connectivity index (χ2n) is 6.05. The molecule has 0 spiro atoms. The number of aromatic nitrogens is 3. The first kappa shape index (κ1) is 12.6. The molecule has 0 aliphatic heterocycles. The maximum atomic E-state index is 4.53. The number of hydrogen-bond acceptors (Lipinski definition) is 3. The van der Waals surface area contributed by atoms with Gasteiger partial charge in [0.25, 0.3) is 0 Å². The van der Waals surface area contributed by atoms with Crippen LogP contribution in [0.2, 0.25) is 0 Å². The quantitative estimate of drug-likeness (QED) is 0.920. The minimum atomic E-state index is 0.318. The third kappa shape index (κ3) is 2.37. The van der Waals surface area contributed by atoms with E-state index < -0.39 is 0 Å². The van der Waals surface area contributed by atoms with Gasteiger partial charge in [-0.2, -0.15) is 5.10 Å². The van der Waals surface area contributed by atoms with Crippen molar-refractivity contribution in [3.8, 4) is 0 Å². The summed E-state index contributed by atoms with van der Waals surface area (Å²) in [5.74, 6) is 0. The summed E-state index contributed by atoms with van der Waals surface area (Å²) in [6.45, 7) is 5.27. The molecule has 2 aromatic heterocycles. The molecule has 0 unspecified atom stereocenters. The lowest BCUT2D eigenvalue weighted by Crippen LogP contribution is -2.38. The first-order valence-electron chi connectivity index (χ1n) is 7.11. The van der Waals surface area contributed by atoms with Crippen LogP contribution in [0.3, 0.4) is 0 Å². The zero-order valence-electron chi connectivity index (χ0n) is 12.0. The van der Waals surface area contributed by atoms with Crippen LogP contribution >= 0.6 is 0 Å². The van der Waals surface area contributed by atoms with E-state index in [1.807, 2.05) is 24.9 Å². The highest BCUT2D eigenvalue weighted by Gasteiger charge is 2.27. The molecule has 1 saturated carbocycles. The maximum absolute atomic E-state index is 4.53. The van der Waals surface area contributed by atoms with Crippen LogP contribution in [0.25, 0.3) is 11.0 Å². The Morgan fingerprint density at radius 1 is 1.37 bits per heavy atom. The average Bonchev–Trinajstić information content (AvgIpc) is 2.94. The summed E-state index contributed by atoms with van der Waals surface area (Å²) in [6.07, 6.45) is 7.24. The Kier molecular flexibility index (Phi) is 3.05. The summed E-state index contributed by atoms with van der Waals surface area (Å²) in [5.41, 5.74) is 3.59. The molecule has 2 heterocycles. The lowest BCUT2D eigenvalue weighted by Gasteiger charge is -2.25. The van der Waals surface area contributed by atoms with E-state index in [2.05, 4.69) is 28.4 Å². The van der Waals surface area contributed by atoms with Crippen LogP contribution < -0.4 is 5.32 Å². The van der Waals surface area contributed by atoms with Crippen LogP contribution in [0.5, 0.6) is 0 Å². The molecule has 4 heteroatoms. The molecule has 2 aromatic rings. The maximum Gasteiger partial charge on any atom is 0.157 e. The third-order valence-corrected chi connectivity index (χ3v) is 4.35. The molecule has 1 fully saturated rings. The molecular formula is C15H22N4. The first-order chi connectivity index (χ1) is 9.07. The van der Waals surface area contributed by atoms with Crippen LogP contribution in [0.15, 0.2) is 12.3 Å². The Morgan fingerprint density at radius 2 is 2.11 bits per heavy atom. The third-order valence-electron chi connectivity index (χ3n) is 4.35. The van der Waals surface area contributed by atoms with Crippen LogP contribution in [-0.4, -0.2) is 20.3 Å². The van der Waals surface area contributed by atoms with Gasteiger partial charge in [0.05, 0.1) is 5.69 Å². The van der Waals surface area contributed by atoms with Crippen molar-refractivity contribution in [1.82, 2.24) is 20.1 Å². The van der Waals surface area contributed by atoms with Crippen molar-refractivity contribution in [2.24, 2.45) is 7.05 Å². The summed E-state index contributed by atoms with van der Waals surface area (Å²) in [7, 11) is 1.94. The monoisotopic (exact) mass is 258 g/mol. The van der Waals surface area contributed by atoms with Gasteiger partial charge in [-0.15, -0.1) is 0 Å². The highest BCUT2D eigenvalue weighted by Crippen LogP contribution is 2.29. The lowest BCUT2D eigenvalue weighted by molar-refractivity contribution is 0.362. The minimum Gasteiger partial charge on any atom is -0.307 e. The fraction of sp³-hybridized carbons (Fsp3) is 0.600. The van der Waals surface area contributed by atoms with Gasteiger partial charge in [0, 0.05) is 30.7 Å². The fourth-order valence-electron chi connectivity index (χ4n) is 3.10. The van der Waals surface area contributed by atoms with E-state index >= 15 is 0 Å². The smallest absolute Gasteiger partial charge is 0.157 e. The second kappa shape index (κ2) is 4.60. The molecule has 1 aliphatic rings. The van der Waals surface area contributed by atoms with E-state index in [0.717, 1.165) is 17.9 Å². The molecule has 1 N–H and O–H groups in total. The Bertz CT molecular complexity index is 593. The normalized spacial score (nSPS) is 18.3. The molecule has 102 valence electrons. The van der Waals surface area contributed by atoms with Crippen LogP contribution in [0.4, 0.5) is 0 Å². The summed E-state index contributed by atoms with van der Waals surface area (Å²) < 4.78 is 1.85. The van der Waals surface area contributed by atoms with Crippen molar-refractivity contribution in [3.05, 3.63) is 23.5 Å². The first-order valence-corrected chi connectivity index (χ1v) is 7.11. The molecule has 1 aliphatic carbocycles. The number of fused-ring (bicyclic) bond motifs is 1. The molecule has 0 aromatic carbocycles. The van der Waals surface area contributed by atoms with Crippen molar-refractivity contribution in [3.63, 3.8) is 0 Å². The highest BCUT2D eigenvalue weighted by atomic mass is 15.3. The fourth-order valence-corrected chi connectivity index (χ4v) is 3.10. The van der Waals surface area contributed by atoms with E-state index in [-0.39, 0.29) is 0 Å². The van der Waals surface area contributed by atoms with E-state index in [1.54, 1.807) is 0 Å².